The zero-order chi connectivity index (χ0) is 16.4. The van der Waals surface area contributed by atoms with Crippen LogP contribution in [0, 0.1) is 11.8 Å². The number of rotatable bonds is 3. The van der Waals surface area contributed by atoms with E-state index >= 15 is 0 Å². The van der Waals surface area contributed by atoms with Crippen molar-refractivity contribution in [2.24, 2.45) is 11.8 Å². The monoisotopic (exact) mass is 320 g/mol. The zero-order valence-electron chi connectivity index (χ0n) is 14.1. The summed E-state index contributed by atoms with van der Waals surface area (Å²) in [5.41, 5.74) is 0. The van der Waals surface area contributed by atoms with Crippen LogP contribution in [0.5, 0.6) is 0 Å². The van der Waals surface area contributed by atoms with Crippen molar-refractivity contribution in [1.29, 1.82) is 0 Å². The molecule has 3 rings (SSSR count). The number of hydrogen-bond donors (Lipinski definition) is 1. The molecule has 23 heavy (non-hydrogen) atoms. The third-order valence-corrected chi connectivity index (χ3v) is 5.84. The summed E-state index contributed by atoms with van der Waals surface area (Å²) < 4.78 is 0. The fraction of sp³-hybridized carbons (Fsp3) is 0.833. The summed E-state index contributed by atoms with van der Waals surface area (Å²) in [6.07, 6.45) is 10.4. The third kappa shape index (κ3) is 3.29. The predicted molar refractivity (Wildman–Crippen MR) is 86.4 cm³/mol. The summed E-state index contributed by atoms with van der Waals surface area (Å²) in [5.74, 6) is -0.766. The summed E-state index contributed by atoms with van der Waals surface area (Å²) in [7, 11) is 0. The number of imide groups is 1. The normalized spacial score (nSPS) is 30.7. The van der Waals surface area contributed by atoms with Gasteiger partial charge in [0.05, 0.1) is 11.8 Å². The minimum atomic E-state index is -0.677. The largest absolute Gasteiger partial charge is 0.352 e. The number of fused-ring (bicyclic) bond motifs is 1. The topological polar surface area (TPSA) is 66.5 Å². The minimum absolute atomic E-state index is 0.122. The fourth-order valence-electron chi connectivity index (χ4n) is 4.43. The lowest BCUT2D eigenvalue weighted by Crippen LogP contribution is -2.50. The van der Waals surface area contributed by atoms with Crippen LogP contribution in [0.3, 0.4) is 0 Å². The first-order chi connectivity index (χ1) is 11.1. The van der Waals surface area contributed by atoms with Gasteiger partial charge in [-0.25, -0.2) is 0 Å². The Hall–Kier alpha value is -1.39. The maximum Gasteiger partial charge on any atom is 0.243 e. The second-order valence-electron chi connectivity index (χ2n) is 7.42. The summed E-state index contributed by atoms with van der Waals surface area (Å²) in [6.45, 7) is 1.69. The maximum atomic E-state index is 12.6. The first-order valence-electron chi connectivity index (χ1n) is 9.27. The van der Waals surface area contributed by atoms with Gasteiger partial charge in [0, 0.05) is 6.04 Å². The standard InChI is InChI=1S/C18H28N2O3/c1-12(16(21)19-13-8-4-2-3-5-9-13)20-17(22)14-10-6-7-11-15(14)18(20)23/h12-15H,2-11H2,1H3,(H,19,21)/t12-,14?,15?/m0/s1. The molecule has 0 radical (unpaired) electrons. The van der Waals surface area contributed by atoms with Crippen LogP contribution in [-0.2, 0) is 14.4 Å². The number of carbonyl (C=O) groups excluding carboxylic acids is 3. The van der Waals surface area contributed by atoms with Crippen LogP contribution < -0.4 is 5.32 Å². The highest BCUT2D eigenvalue weighted by atomic mass is 16.2. The average molecular weight is 320 g/mol. The van der Waals surface area contributed by atoms with Gasteiger partial charge in [-0.15, -0.1) is 0 Å². The van der Waals surface area contributed by atoms with Gasteiger partial charge >= 0.3 is 0 Å². The van der Waals surface area contributed by atoms with Gasteiger partial charge in [-0.3, -0.25) is 19.3 Å². The van der Waals surface area contributed by atoms with E-state index in [1.165, 1.54) is 17.7 Å². The lowest BCUT2D eigenvalue weighted by molar-refractivity contribution is -0.147. The highest BCUT2D eigenvalue weighted by Crippen LogP contribution is 2.38. The van der Waals surface area contributed by atoms with Gasteiger partial charge in [-0.05, 0) is 32.6 Å². The Morgan fingerprint density at radius 2 is 1.39 bits per heavy atom. The van der Waals surface area contributed by atoms with E-state index in [4.69, 9.17) is 0 Å². The van der Waals surface area contributed by atoms with Crippen molar-refractivity contribution in [3.63, 3.8) is 0 Å². The smallest absolute Gasteiger partial charge is 0.243 e. The molecular formula is C18H28N2O3. The highest BCUT2D eigenvalue weighted by molar-refractivity contribution is 6.08. The van der Waals surface area contributed by atoms with Crippen LogP contribution in [0.4, 0.5) is 0 Å². The van der Waals surface area contributed by atoms with E-state index < -0.39 is 6.04 Å². The molecule has 1 heterocycles. The summed E-state index contributed by atoms with van der Waals surface area (Å²) in [4.78, 5) is 38.9. The Bertz CT molecular complexity index is 459. The predicted octanol–water partition coefficient (Wildman–Crippen LogP) is 2.39. The van der Waals surface area contributed by atoms with Crippen molar-refractivity contribution in [3.8, 4) is 0 Å². The van der Waals surface area contributed by atoms with E-state index in [2.05, 4.69) is 5.32 Å². The van der Waals surface area contributed by atoms with Gasteiger partial charge in [-0.2, -0.15) is 0 Å². The molecule has 0 aromatic carbocycles. The third-order valence-electron chi connectivity index (χ3n) is 5.84. The molecule has 1 aliphatic heterocycles. The lowest BCUT2D eigenvalue weighted by atomic mass is 9.81. The number of nitrogens with zero attached hydrogens (tertiary/aromatic N) is 1. The first-order valence-corrected chi connectivity index (χ1v) is 9.27. The Balaban J connectivity index is 1.64. The molecule has 3 amide bonds. The molecule has 2 aliphatic carbocycles. The molecule has 0 spiro atoms. The van der Waals surface area contributed by atoms with Gasteiger partial charge < -0.3 is 5.32 Å². The van der Waals surface area contributed by atoms with Crippen molar-refractivity contribution in [2.75, 3.05) is 0 Å². The van der Waals surface area contributed by atoms with Gasteiger partial charge in [0.25, 0.3) is 0 Å². The number of carbonyl (C=O) groups is 3. The summed E-state index contributed by atoms with van der Waals surface area (Å²) in [5, 5.41) is 3.07. The van der Waals surface area contributed by atoms with Crippen molar-refractivity contribution in [1.82, 2.24) is 10.2 Å². The Morgan fingerprint density at radius 1 is 0.913 bits per heavy atom. The number of amides is 3. The van der Waals surface area contributed by atoms with E-state index in [-0.39, 0.29) is 35.6 Å². The molecule has 3 aliphatic rings. The Morgan fingerprint density at radius 3 is 1.91 bits per heavy atom. The van der Waals surface area contributed by atoms with E-state index in [0.717, 1.165) is 51.4 Å². The molecular weight excluding hydrogens is 292 g/mol. The molecule has 5 nitrogen and oxygen atoms in total. The van der Waals surface area contributed by atoms with Gasteiger partial charge in [0.1, 0.15) is 6.04 Å². The van der Waals surface area contributed by atoms with E-state index in [0.29, 0.717) is 0 Å². The number of nitrogens with one attached hydrogen (secondary N) is 1. The molecule has 0 bridgehead atoms. The number of likely N-dealkylation sites (tertiary alicyclic amines) is 1. The molecule has 0 aromatic rings. The molecule has 1 N–H and O–H groups in total. The Labute approximate surface area is 138 Å². The molecule has 5 heteroatoms. The summed E-state index contributed by atoms with van der Waals surface area (Å²) in [6, 6.07) is -0.480. The van der Waals surface area contributed by atoms with Crippen molar-refractivity contribution in [3.05, 3.63) is 0 Å². The maximum absolute atomic E-state index is 12.6. The Kier molecular flexibility index (Phi) is 5.02. The summed E-state index contributed by atoms with van der Waals surface area (Å²) >= 11 is 0. The molecule has 3 fully saturated rings. The van der Waals surface area contributed by atoms with E-state index in [9.17, 15) is 14.4 Å². The van der Waals surface area contributed by atoms with Gasteiger partial charge in [0.2, 0.25) is 17.7 Å². The second kappa shape index (κ2) is 7.02. The molecule has 2 unspecified atom stereocenters. The van der Waals surface area contributed by atoms with Crippen LogP contribution in [0.15, 0.2) is 0 Å². The first kappa shape index (κ1) is 16.5. The van der Waals surface area contributed by atoms with Gasteiger partial charge in [0.15, 0.2) is 0 Å². The van der Waals surface area contributed by atoms with Crippen LogP contribution in [0.2, 0.25) is 0 Å². The SMILES string of the molecule is C[C@@H](C(=O)NC1CCCCCC1)N1C(=O)C2CCCCC2C1=O. The molecule has 3 atom stereocenters. The van der Waals surface area contributed by atoms with Crippen LogP contribution in [0.1, 0.15) is 71.1 Å². The fourth-order valence-corrected chi connectivity index (χ4v) is 4.43. The van der Waals surface area contributed by atoms with Crippen molar-refractivity contribution >= 4 is 17.7 Å². The number of hydrogen-bond acceptors (Lipinski definition) is 3. The van der Waals surface area contributed by atoms with Gasteiger partial charge in [-0.1, -0.05) is 38.5 Å². The van der Waals surface area contributed by atoms with E-state index in [1.807, 2.05) is 0 Å². The van der Waals surface area contributed by atoms with Crippen LogP contribution in [-0.4, -0.2) is 34.7 Å². The molecule has 0 aromatic heterocycles. The molecule has 1 saturated heterocycles. The van der Waals surface area contributed by atoms with Crippen LogP contribution in [0.25, 0.3) is 0 Å². The quantitative estimate of drug-likeness (QED) is 0.641. The highest BCUT2D eigenvalue weighted by Gasteiger charge is 2.50. The second-order valence-corrected chi connectivity index (χ2v) is 7.42. The zero-order valence-corrected chi connectivity index (χ0v) is 14.1. The lowest BCUT2D eigenvalue weighted by Gasteiger charge is -2.25. The average Bonchev–Trinajstić information content (AvgIpc) is 2.74. The van der Waals surface area contributed by atoms with Crippen molar-refractivity contribution in [2.45, 2.75) is 83.2 Å². The minimum Gasteiger partial charge on any atom is -0.352 e. The van der Waals surface area contributed by atoms with E-state index in [1.54, 1.807) is 6.92 Å². The molecule has 128 valence electrons. The van der Waals surface area contributed by atoms with Crippen molar-refractivity contribution < 1.29 is 14.4 Å². The molecule has 2 saturated carbocycles. The van der Waals surface area contributed by atoms with Crippen LogP contribution >= 0.6 is 0 Å².